The maximum absolute atomic E-state index is 13.6. The van der Waals surface area contributed by atoms with Gasteiger partial charge in [-0.05, 0) is 31.9 Å². The standard InChI is InChI=1S/C14H17ClFNO/c1-10-4-5-12(16)11(8-10)13(18)17-14(9-15)6-2-3-7-14/h4-5,8H,2-3,6-7,9H2,1H3,(H,17,18). The topological polar surface area (TPSA) is 29.1 Å². The van der Waals surface area contributed by atoms with Gasteiger partial charge < -0.3 is 5.32 Å². The Morgan fingerprint density at radius 3 is 2.72 bits per heavy atom. The highest BCUT2D eigenvalue weighted by Crippen LogP contribution is 2.31. The molecule has 1 aromatic rings. The summed E-state index contributed by atoms with van der Waals surface area (Å²) in [7, 11) is 0. The molecule has 1 saturated carbocycles. The van der Waals surface area contributed by atoms with Gasteiger partial charge in [0.15, 0.2) is 0 Å². The summed E-state index contributed by atoms with van der Waals surface area (Å²) in [4.78, 5) is 12.1. The average Bonchev–Trinajstić information content (AvgIpc) is 2.81. The van der Waals surface area contributed by atoms with E-state index in [1.54, 1.807) is 12.1 Å². The fourth-order valence-electron chi connectivity index (χ4n) is 2.47. The molecule has 0 saturated heterocycles. The average molecular weight is 270 g/mol. The molecule has 0 aliphatic heterocycles. The molecule has 1 N–H and O–H groups in total. The van der Waals surface area contributed by atoms with Crippen LogP contribution >= 0.6 is 11.6 Å². The maximum atomic E-state index is 13.6. The zero-order chi connectivity index (χ0) is 13.2. The second-order valence-corrected chi connectivity index (χ2v) is 5.33. The van der Waals surface area contributed by atoms with Gasteiger partial charge in [-0.25, -0.2) is 4.39 Å². The Morgan fingerprint density at radius 2 is 2.11 bits per heavy atom. The third-order valence-electron chi connectivity index (χ3n) is 3.56. The predicted molar refractivity (Wildman–Crippen MR) is 70.5 cm³/mol. The van der Waals surface area contributed by atoms with E-state index in [0.717, 1.165) is 31.2 Å². The van der Waals surface area contributed by atoms with Gasteiger partial charge in [0.05, 0.1) is 11.1 Å². The minimum Gasteiger partial charge on any atom is -0.345 e. The summed E-state index contributed by atoms with van der Waals surface area (Å²) in [6, 6.07) is 4.55. The first-order valence-electron chi connectivity index (χ1n) is 6.21. The van der Waals surface area contributed by atoms with E-state index in [-0.39, 0.29) is 17.0 Å². The van der Waals surface area contributed by atoms with Crippen molar-refractivity contribution in [3.8, 4) is 0 Å². The molecule has 1 amide bonds. The lowest BCUT2D eigenvalue weighted by Crippen LogP contribution is -2.48. The smallest absolute Gasteiger partial charge is 0.254 e. The van der Waals surface area contributed by atoms with Crippen molar-refractivity contribution < 1.29 is 9.18 Å². The van der Waals surface area contributed by atoms with Crippen LogP contribution in [0.3, 0.4) is 0 Å². The summed E-state index contributed by atoms with van der Waals surface area (Å²) in [5.74, 6) is -0.466. The third kappa shape index (κ3) is 2.66. The number of carbonyl (C=O) groups is 1. The summed E-state index contributed by atoms with van der Waals surface area (Å²) in [6.07, 6.45) is 3.86. The van der Waals surface area contributed by atoms with E-state index in [4.69, 9.17) is 11.6 Å². The van der Waals surface area contributed by atoms with Gasteiger partial charge in [0, 0.05) is 5.88 Å². The van der Waals surface area contributed by atoms with E-state index in [2.05, 4.69) is 5.32 Å². The molecular weight excluding hydrogens is 253 g/mol. The van der Waals surface area contributed by atoms with Crippen molar-refractivity contribution in [3.05, 3.63) is 35.1 Å². The second kappa shape index (κ2) is 5.27. The van der Waals surface area contributed by atoms with Crippen LogP contribution in [0, 0.1) is 12.7 Å². The molecule has 1 aliphatic rings. The summed E-state index contributed by atoms with van der Waals surface area (Å²) < 4.78 is 13.6. The Balaban J connectivity index is 2.18. The molecule has 2 rings (SSSR count). The van der Waals surface area contributed by atoms with Crippen molar-refractivity contribution in [2.24, 2.45) is 0 Å². The van der Waals surface area contributed by atoms with Gasteiger partial charge in [0.2, 0.25) is 0 Å². The highest BCUT2D eigenvalue weighted by atomic mass is 35.5. The summed E-state index contributed by atoms with van der Waals surface area (Å²) >= 11 is 5.96. The van der Waals surface area contributed by atoms with Gasteiger partial charge in [-0.2, -0.15) is 0 Å². The monoisotopic (exact) mass is 269 g/mol. The van der Waals surface area contributed by atoms with Crippen LogP contribution in [0.2, 0.25) is 0 Å². The number of nitrogens with one attached hydrogen (secondary N) is 1. The van der Waals surface area contributed by atoms with E-state index in [9.17, 15) is 9.18 Å². The SMILES string of the molecule is Cc1ccc(F)c(C(=O)NC2(CCl)CCCC2)c1. The van der Waals surface area contributed by atoms with Crippen molar-refractivity contribution in [2.75, 3.05) is 5.88 Å². The van der Waals surface area contributed by atoms with Crippen LogP contribution in [-0.4, -0.2) is 17.3 Å². The molecule has 0 radical (unpaired) electrons. The zero-order valence-electron chi connectivity index (χ0n) is 10.4. The maximum Gasteiger partial charge on any atom is 0.254 e. The van der Waals surface area contributed by atoms with E-state index >= 15 is 0 Å². The number of halogens is 2. The first-order valence-corrected chi connectivity index (χ1v) is 6.74. The lowest BCUT2D eigenvalue weighted by molar-refractivity contribution is 0.0905. The number of alkyl halides is 1. The summed E-state index contributed by atoms with van der Waals surface area (Å²) in [5, 5.41) is 2.92. The van der Waals surface area contributed by atoms with E-state index in [0.29, 0.717) is 5.88 Å². The van der Waals surface area contributed by atoms with Gasteiger partial charge in [-0.15, -0.1) is 11.6 Å². The normalized spacial score (nSPS) is 17.7. The van der Waals surface area contributed by atoms with Crippen molar-refractivity contribution in [1.82, 2.24) is 5.32 Å². The van der Waals surface area contributed by atoms with Crippen LogP contribution in [0.4, 0.5) is 4.39 Å². The predicted octanol–water partition coefficient (Wildman–Crippen LogP) is 3.42. The number of amides is 1. The van der Waals surface area contributed by atoms with Crippen LogP contribution in [0.25, 0.3) is 0 Å². The van der Waals surface area contributed by atoms with Crippen LogP contribution in [-0.2, 0) is 0 Å². The van der Waals surface area contributed by atoms with Gasteiger partial charge in [0.25, 0.3) is 5.91 Å². The minimum atomic E-state index is -0.485. The van der Waals surface area contributed by atoms with E-state index in [1.807, 2.05) is 6.92 Å². The highest BCUT2D eigenvalue weighted by Gasteiger charge is 2.35. The van der Waals surface area contributed by atoms with Crippen LogP contribution < -0.4 is 5.32 Å². The van der Waals surface area contributed by atoms with Crippen LogP contribution in [0.5, 0.6) is 0 Å². The van der Waals surface area contributed by atoms with E-state index < -0.39 is 5.82 Å². The Labute approximate surface area is 112 Å². The minimum absolute atomic E-state index is 0.103. The van der Waals surface area contributed by atoms with Gasteiger partial charge in [-0.3, -0.25) is 4.79 Å². The van der Waals surface area contributed by atoms with E-state index in [1.165, 1.54) is 6.07 Å². The van der Waals surface area contributed by atoms with Crippen molar-refractivity contribution in [1.29, 1.82) is 0 Å². The van der Waals surface area contributed by atoms with Crippen molar-refractivity contribution >= 4 is 17.5 Å². The molecule has 4 heteroatoms. The molecule has 0 unspecified atom stereocenters. The number of carbonyl (C=O) groups excluding carboxylic acids is 1. The summed E-state index contributed by atoms with van der Waals surface area (Å²) in [5.41, 5.74) is 0.619. The van der Waals surface area contributed by atoms with Crippen LogP contribution in [0.1, 0.15) is 41.6 Å². The first kappa shape index (κ1) is 13.3. The van der Waals surface area contributed by atoms with Crippen molar-refractivity contribution in [3.63, 3.8) is 0 Å². The Morgan fingerprint density at radius 1 is 1.44 bits per heavy atom. The highest BCUT2D eigenvalue weighted by molar-refractivity contribution is 6.19. The molecule has 18 heavy (non-hydrogen) atoms. The molecule has 0 bridgehead atoms. The lowest BCUT2D eigenvalue weighted by atomic mass is 9.99. The van der Waals surface area contributed by atoms with Gasteiger partial charge >= 0.3 is 0 Å². The Hall–Kier alpha value is -1.09. The fraction of sp³-hybridized carbons (Fsp3) is 0.500. The Bertz CT molecular complexity index is 455. The number of benzene rings is 1. The number of rotatable bonds is 3. The number of hydrogen-bond donors (Lipinski definition) is 1. The quantitative estimate of drug-likeness (QED) is 0.837. The molecule has 98 valence electrons. The molecule has 2 nitrogen and oxygen atoms in total. The van der Waals surface area contributed by atoms with Crippen LogP contribution in [0.15, 0.2) is 18.2 Å². The fourth-order valence-corrected chi connectivity index (χ4v) is 2.80. The first-order chi connectivity index (χ1) is 8.56. The number of aryl methyl sites for hydroxylation is 1. The largest absolute Gasteiger partial charge is 0.345 e. The molecule has 1 aliphatic carbocycles. The molecule has 0 heterocycles. The van der Waals surface area contributed by atoms with Gasteiger partial charge in [-0.1, -0.05) is 24.5 Å². The van der Waals surface area contributed by atoms with Gasteiger partial charge in [0.1, 0.15) is 5.82 Å². The molecule has 0 spiro atoms. The third-order valence-corrected chi connectivity index (χ3v) is 4.07. The molecule has 1 fully saturated rings. The van der Waals surface area contributed by atoms with Crippen molar-refractivity contribution in [2.45, 2.75) is 38.1 Å². The lowest BCUT2D eigenvalue weighted by Gasteiger charge is -2.28. The second-order valence-electron chi connectivity index (χ2n) is 5.06. The molecule has 0 aromatic heterocycles. The zero-order valence-corrected chi connectivity index (χ0v) is 11.2. The molecule has 1 aromatic carbocycles. The molecule has 0 atom stereocenters. The number of hydrogen-bond acceptors (Lipinski definition) is 1. The Kier molecular flexibility index (Phi) is 3.91. The summed E-state index contributed by atoms with van der Waals surface area (Å²) in [6.45, 7) is 1.84. The molecular formula is C14H17ClFNO.